The summed E-state index contributed by atoms with van der Waals surface area (Å²) < 4.78 is 3.06. The molecule has 0 fully saturated rings. The van der Waals surface area contributed by atoms with Crippen LogP contribution in [0.2, 0.25) is 0 Å². The molecule has 2 aromatic rings. The Morgan fingerprint density at radius 1 is 1.42 bits per heavy atom. The minimum absolute atomic E-state index is 0.334. The maximum Gasteiger partial charge on any atom is 0.0660 e. The highest BCUT2D eigenvalue weighted by atomic mass is 79.9. The summed E-state index contributed by atoms with van der Waals surface area (Å²) in [7, 11) is 0. The number of hydrogen-bond acceptors (Lipinski definition) is 2. The van der Waals surface area contributed by atoms with Crippen LogP contribution in [-0.4, -0.2) is 16.3 Å². The Kier molecular flexibility index (Phi) is 4.77. The Hall–Kier alpha value is -1.13. The number of benzene rings is 1. The van der Waals surface area contributed by atoms with Gasteiger partial charge in [0.15, 0.2) is 0 Å². The van der Waals surface area contributed by atoms with Crippen LogP contribution in [0.4, 0.5) is 0 Å². The van der Waals surface area contributed by atoms with Crippen molar-refractivity contribution in [3.05, 3.63) is 46.2 Å². The summed E-state index contributed by atoms with van der Waals surface area (Å²) in [5.74, 6) is 0. The summed E-state index contributed by atoms with van der Waals surface area (Å²) in [6.45, 7) is 7.51. The Balaban J connectivity index is 2.27. The first-order valence-corrected chi connectivity index (χ1v) is 7.46. The number of nitrogens with zero attached hydrogens (tertiary/aromatic N) is 2. The monoisotopic (exact) mass is 321 g/mol. The van der Waals surface area contributed by atoms with Crippen molar-refractivity contribution in [3.63, 3.8) is 0 Å². The molecule has 4 heteroatoms. The zero-order valence-corrected chi connectivity index (χ0v) is 13.2. The van der Waals surface area contributed by atoms with Crippen molar-refractivity contribution in [1.29, 1.82) is 0 Å². The fraction of sp³-hybridized carbons (Fsp3) is 0.400. The topological polar surface area (TPSA) is 29.9 Å². The van der Waals surface area contributed by atoms with Gasteiger partial charge in [-0.15, -0.1) is 0 Å². The van der Waals surface area contributed by atoms with E-state index in [0.717, 1.165) is 23.1 Å². The van der Waals surface area contributed by atoms with E-state index in [9.17, 15) is 0 Å². The van der Waals surface area contributed by atoms with Crippen molar-refractivity contribution in [2.45, 2.75) is 33.2 Å². The molecule has 0 bridgehead atoms. The van der Waals surface area contributed by atoms with Crippen molar-refractivity contribution in [2.24, 2.45) is 0 Å². The van der Waals surface area contributed by atoms with Crippen LogP contribution in [-0.2, 0) is 0 Å². The highest BCUT2D eigenvalue weighted by Gasteiger charge is 2.13. The van der Waals surface area contributed by atoms with Crippen LogP contribution >= 0.6 is 15.9 Å². The van der Waals surface area contributed by atoms with Crippen LogP contribution < -0.4 is 5.32 Å². The van der Waals surface area contributed by atoms with E-state index in [1.807, 2.05) is 23.0 Å². The van der Waals surface area contributed by atoms with Crippen LogP contribution in [0.5, 0.6) is 0 Å². The SMILES string of the molecule is CCCNC(C)c1cnn(-c2cccc(Br)c2)c1C. The molecule has 2 rings (SSSR count). The molecule has 1 N–H and O–H groups in total. The van der Waals surface area contributed by atoms with Crippen LogP contribution in [0, 0.1) is 6.92 Å². The molecule has 19 heavy (non-hydrogen) atoms. The van der Waals surface area contributed by atoms with E-state index in [2.05, 4.69) is 59.2 Å². The summed E-state index contributed by atoms with van der Waals surface area (Å²) in [4.78, 5) is 0. The number of rotatable bonds is 5. The van der Waals surface area contributed by atoms with Crippen molar-refractivity contribution < 1.29 is 0 Å². The van der Waals surface area contributed by atoms with Gasteiger partial charge in [-0.25, -0.2) is 4.68 Å². The standard InChI is InChI=1S/C15H20BrN3/c1-4-8-17-11(2)15-10-18-19(12(15)3)14-7-5-6-13(16)9-14/h5-7,9-11,17H,4,8H2,1-3H3. The molecule has 0 saturated carbocycles. The van der Waals surface area contributed by atoms with Gasteiger partial charge in [-0.3, -0.25) is 0 Å². The summed E-state index contributed by atoms with van der Waals surface area (Å²) in [5, 5.41) is 8.02. The lowest BCUT2D eigenvalue weighted by molar-refractivity contribution is 0.568. The highest BCUT2D eigenvalue weighted by Crippen LogP contribution is 2.21. The second kappa shape index (κ2) is 6.35. The molecular weight excluding hydrogens is 302 g/mol. The van der Waals surface area contributed by atoms with E-state index in [4.69, 9.17) is 0 Å². The molecule has 0 spiro atoms. The fourth-order valence-corrected chi connectivity index (χ4v) is 2.57. The van der Waals surface area contributed by atoms with Crippen LogP contribution in [0.15, 0.2) is 34.9 Å². The molecule has 0 saturated heterocycles. The largest absolute Gasteiger partial charge is 0.310 e. The first kappa shape index (κ1) is 14.3. The van der Waals surface area contributed by atoms with Gasteiger partial charge in [0.05, 0.1) is 11.9 Å². The van der Waals surface area contributed by atoms with Gasteiger partial charge in [0.1, 0.15) is 0 Å². The van der Waals surface area contributed by atoms with Gasteiger partial charge in [-0.05, 0) is 45.0 Å². The zero-order chi connectivity index (χ0) is 13.8. The summed E-state index contributed by atoms with van der Waals surface area (Å²) in [6, 6.07) is 8.53. The first-order valence-electron chi connectivity index (χ1n) is 6.67. The number of aromatic nitrogens is 2. The van der Waals surface area contributed by atoms with Gasteiger partial charge >= 0.3 is 0 Å². The Bertz CT molecular complexity index is 548. The molecular formula is C15H20BrN3. The molecule has 0 aliphatic rings. The average Bonchev–Trinajstić information content (AvgIpc) is 2.78. The van der Waals surface area contributed by atoms with E-state index in [1.165, 1.54) is 11.3 Å². The maximum atomic E-state index is 4.51. The van der Waals surface area contributed by atoms with E-state index in [-0.39, 0.29) is 0 Å². The van der Waals surface area contributed by atoms with Crippen molar-refractivity contribution in [1.82, 2.24) is 15.1 Å². The Labute approximate surface area is 123 Å². The van der Waals surface area contributed by atoms with Gasteiger partial charge in [0.25, 0.3) is 0 Å². The molecule has 0 aliphatic carbocycles. The predicted molar refractivity (Wildman–Crippen MR) is 82.7 cm³/mol. The molecule has 1 atom stereocenters. The number of halogens is 1. The first-order chi connectivity index (χ1) is 9.13. The number of nitrogens with one attached hydrogen (secondary N) is 1. The average molecular weight is 322 g/mol. The molecule has 1 unspecified atom stereocenters. The van der Waals surface area contributed by atoms with E-state index in [0.29, 0.717) is 6.04 Å². The van der Waals surface area contributed by atoms with Crippen molar-refractivity contribution in [3.8, 4) is 5.69 Å². The van der Waals surface area contributed by atoms with E-state index >= 15 is 0 Å². The molecule has 102 valence electrons. The summed E-state index contributed by atoms with van der Waals surface area (Å²) in [6.07, 6.45) is 3.10. The van der Waals surface area contributed by atoms with Gasteiger partial charge in [-0.2, -0.15) is 5.10 Å². The van der Waals surface area contributed by atoms with Crippen LogP contribution in [0.1, 0.15) is 37.6 Å². The molecule has 3 nitrogen and oxygen atoms in total. The van der Waals surface area contributed by atoms with Crippen LogP contribution in [0.3, 0.4) is 0 Å². The van der Waals surface area contributed by atoms with Crippen molar-refractivity contribution in [2.75, 3.05) is 6.54 Å². The van der Waals surface area contributed by atoms with Crippen molar-refractivity contribution >= 4 is 15.9 Å². The fourth-order valence-electron chi connectivity index (χ4n) is 2.19. The number of hydrogen-bond donors (Lipinski definition) is 1. The Morgan fingerprint density at radius 3 is 2.89 bits per heavy atom. The third-order valence-electron chi connectivity index (χ3n) is 3.27. The third-order valence-corrected chi connectivity index (χ3v) is 3.76. The zero-order valence-electron chi connectivity index (χ0n) is 11.7. The smallest absolute Gasteiger partial charge is 0.0660 e. The van der Waals surface area contributed by atoms with Gasteiger partial charge in [0, 0.05) is 21.8 Å². The van der Waals surface area contributed by atoms with Gasteiger partial charge < -0.3 is 5.32 Å². The second-order valence-electron chi connectivity index (χ2n) is 4.75. The van der Waals surface area contributed by atoms with E-state index in [1.54, 1.807) is 0 Å². The molecule has 1 aromatic carbocycles. The Morgan fingerprint density at radius 2 is 2.21 bits per heavy atom. The van der Waals surface area contributed by atoms with Gasteiger partial charge in [0.2, 0.25) is 0 Å². The van der Waals surface area contributed by atoms with Crippen LogP contribution in [0.25, 0.3) is 5.69 Å². The highest BCUT2D eigenvalue weighted by molar-refractivity contribution is 9.10. The normalized spacial score (nSPS) is 12.6. The molecule has 0 aliphatic heterocycles. The quantitative estimate of drug-likeness (QED) is 0.901. The molecule has 1 aromatic heterocycles. The van der Waals surface area contributed by atoms with E-state index < -0.39 is 0 Å². The molecule has 1 heterocycles. The minimum Gasteiger partial charge on any atom is -0.310 e. The summed E-state index contributed by atoms with van der Waals surface area (Å²) in [5.41, 5.74) is 3.53. The predicted octanol–water partition coefficient (Wildman–Crippen LogP) is 4.00. The lowest BCUT2D eigenvalue weighted by Crippen LogP contribution is -2.19. The third kappa shape index (κ3) is 3.25. The lowest BCUT2D eigenvalue weighted by atomic mass is 10.1. The maximum absolute atomic E-state index is 4.51. The summed E-state index contributed by atoms with van der Waals surface area (Å²) >= 11 is 3.50. The molecule has 0 amide bonds. The minimum atomic E-state index is 0.334. The lowest BCUT2D eigenvalue weighted by Gasteiger charge is -2.13. The second-order valence-corrected chi connectivity index (χ2v) is 5.67. The van der Waals surface area contributed by atoms with Gasteiger partial charge in [-0.1, -0.05) is 28.9 Å². The molecule has 0 radical (unpaired) electrons.